The van der Waals surface area contributed by atoms with E-state index in [0.29, 0.717) is 5.91 Å². The molecule has 138 valence electrons. The molecule has 1 saturated heterocycles. The van der Waals surface area contributed by atoms with Crippen molar-refractivity contribution in [2.45, 2.75) is 44.1 Å². The van der Waals surface area contributed by atoms with Gasteiger partial charge in [-0.1, -0.05) is 30.3 Å². The Labute approximate surface area is 159 Å². The number of pyridine rings is 1. The van der Waals surface area contributed by atoms with Crippen molar-refractivity contribution in [3.63, 3.8) is 0 Å². The predicted molar refractivity (Wildman–Crippen MR) is 104 cm³/mol. The molecule has 0 N–H and O–H groups in total. The lowest BCUT2D eigenvalue weighted by molar-refractivity contribution is -0.132. The highest BCUT2D eigenvalue weighted by atomic mass is 16.2. The zero-order valence-corrected chi connectivity index (χ0v) is 15.6. The second-order valence-corrected chi connectivity index (χ2v) is 7.75. The van der Waals surface area contributed by atoms with Crippen LogP contribution >= 0.6 is 0 Å². The first-order chi connectivity index (χ1) is 13.2. The average molecular weight is 360 g/mol. The van der Waals surface area contributed by atoms with Crippen LogP contribution in [-0.4, -0.2) is 38.4 Å². The molecule has 2 aliphatic rings. The number of aromatic nitrogens is 3. The van der Waals surface area contributed by atoms with Crippen molar-refractivity contribution >= 4 is 17.1 Å². The van der Waals surface area contributed by atoms with E-state index in [1.54, 1.807) is 0 Å². The molecule has 5 nitrogen and oxygen atoms in total. The van der Waals surface area contributed by atoms with Gasteiger partial charge in [-0.15, -0.1) is 0 Å². The zero-order valence-electron chi connectivity index (χ0n) is 15.6. The Morgan fingerprint density at radius 1 is 1.19 bits per heavy atom. The lowest BCUT2D eigenvalue weighted by Crippen LogP contribution is -2.37. The zero-order chi connectivity index (χ0) is 18.4. The Bertz CT molecular complexity index is 990. The molecule has 27 heavy (non-hydrogen) atoms. The van der Waals surface area contributed by atoms with E-state index in [2.05, 4.69) is 33.5 Å². The Hall–Kier alpha value is -2.69. The summed E-state index contributed by atoms with van der Waals surface area (Å²) in [4.78, 5) is 24.8. The highest BCUT2D eigenvalue weighted by molar-refractivity contribution is 5.91. The smallest absolute Gasteiger partial charge is 0.233 e. The molecular weight excluding hydrogens is 336 g/mol. The maximum atomic E-state index is 13.3. The summed E-state index contributed by atoms with van der Waals surface area (Å²) in [5, 5.41) is 0. The van der Waals surface area contributed by atoms with E-state index in [0.717, 1.165) is 55.9 Å². The summed E-state index contributed by atoms with van der Waals surface area (Å²) in [6.07, 6.45) is 4.73. The van der Waals surface area contributed by atoms with Crippen molar-refractivity contribution in [2.75, 3.05) is 13.1 Å². The molecule has 1 amide bonds. The fourth-order valence-electron chi connectivity index (χ4n) is 4.57. The van der Waals surface area contributed by atoms with E-state index in [1.165, 1.54) is 5.56 Å². The number of aryl methyl sites for hydroxylation is 1. The van der Waals surface area contributed by atoms with Gasteiger partial charge >= 0.3 is 0 Å². The normalized spacial score (nSPS) is 20.9. The second-order valence-electron chi connectivity index (χ2n) is 7.75. The standard InChI is InChI=1S/C22H24N4O/c1-2-26-19(24-18-9-6-13-23-20(18)26)16-10-14-25(15-16)21(27)22(11-12-22)17-7-4-3-5-8-17/h3-9,13,16H,2,10-12,14-15H2,1H3/t16-/m1/s1. The number of carbonyl (C=O) groups excluding carboxylic acids is 1. The number of fused-ring (bicyclic) bond motifs is 1. The summed E-state index contributed by atoms with van der Waals surface area (Å²) in [7, 11) is 0. The van der Waals surface area contributed by atoms with Gasteiger partial charge in [0.25, 0.3) is 0 Å². The minimum Gasteiger partial charge on any atom is -0.341 e. The van der Waals surface area contributed by atoms with E-state index >= 15 is 0 Å². The molecule has 0 bridgehead atoms. The Morgan fingerprint density at radius 3 is 2.74 bits per heavy atom. The summed E-state index contributed by atoms with van der Waals surface area (Å²) < 4.78 is 2.21. The van der Waals surface area contributed by atoms with Gasteiger partial charge in [-0.2, -0.15) is 0 Å². The predicted octanol–water partition coefficient (Wildman–Crippen LogP) is 3.50. The molecular formula is C22H24N4O. The van der Waals surface area contributed by atoms with E-state index in [4.69, 9.17) is 4.98 Å². The van der Waals surface area contributed by atoms with E-state index in [-0.39, 0.29) is 11.3 Å². The van der Waals surface area contributed by atoms with Gasteiger partial charge in [0.15, 0.2) is 5.65 Å². The van der Waals surface area contributed by atoms with Crippen LogP contribution in [-0.2, 0) is 16.8 Å². The fraction of sp³-hybridized carbons (Fsp3) is 0.409. The van der Waals surface area contributed by atoms with Crippen molar-refractivity contribution in [1.82, 2.24) is 19.4 Å². The number of hydrogen-bond acceptors (Lipinski definition) is 3. The first-order valence-electron chi connectivity index (χ1n) is 9.89. The first kappa shape index (κ1) is 16.5. The maximum Gasteiger partial charge on any atom is 0.233 e. The van der Waals surface area contributed by atoms with E-state index < -0.39 is 0 Å². The van der Waals surface area contributed by atoms with Crippen LogP contribution in [0.4, 0.5) is 0 Å². The van der Waals surface area contributed by atoms with E-state index in [1.807, 2.05) is 36.5 Å². The van der Waals surface area contributed by atoms with Crippen LogP contribution < -0.4 is 0 Å². The number of imidazole rings is 1. The van der Waals surface area contributed by atoms with Gasteiger partial charge in [-0.25, -0.2) is 9.97 Å². The summed E-state index contributed by atoms with van der Waals surface area (Å²) >= 11 is 0. The Morgan fingerprint density at radius 2 is 2.00 bits per heavy atom. The Kier molecular flexibility index (Phi) is 3.78. The van der Waals surface area contributed by atoms with Crippen LogP contribution in [0.3, 0.4) is 0 Å². The lowest BCUT2D eigenvalue weighted by Gasteiger charge is -2.23. The summed E-state index contributed by atoms with van der Waals surface area (Å²) in [5.74, 6) is 1.66. The quantitative estimate of drug-likeness (QED) is 0.715. The van der Waals surface area contributed by atoms with Gasteiger partial charge in [0.1, 0.15) is 11.3 Å². The molecule has 0 unspecified atom stereocenters. The van der Waals surface area contributed by atoms with Crippen LogP contribution in [0, 0.1) is 0 Å². The molecule has 1 atom stereocenters. The lowest BCUT2D eigenvalue weighted by atomic mass is 9.94. The van der Waals surface area contributed by atoms with E-state index in [9.17, 15) is 4.79 Å². The van der Waals surface area contributed by atoms with Crippen LogP contribution in [0.25, 0.3) is 11.2 Å². The van der Waals surface area contributed by atoms with Crippen molar-refractivity contribution in [3.05, 3.63) is 60.0 Å². The third-order valence-electron chi connectivity index (χ3n) is 6.18. The molecule has 2 aromatic heterocycles. The van der Waals surface area contributed by atoms with Crippen molar-refractivity contribution in [3.8, 4) is 0 Å². The molecule has 1 aromatic carbocycles. The molecule has 5 heteroatoms. The van der Waals surface area contributed by atoms with Gasteiger partial charge in [0, 0.05) is 31.7 Å². The number of nitrogens with zero attached hydrogens (tertiary/aromatic N) is 4. The molecule has 3 aromatic rings. The monoisotopic (exact) mass is 360 g/mol. The summed E-state index contributed by atoms with van der Waals surface area (Å²) in [6, 6.07) is 14.2. The van der Waals surface area contributed by atoms with Crippen LogP contribution in [0.5, 0.6) is 0 Å². The molecule has 1 aliphatic heterocycles. The number of likely N-dealkylation sites (tertiary alicyclic amines) is 1. The minimum absolute atomic E-state index is 0.275. The first-order valence-corrected chi connectivity index (χ1v) is 9.89. The molecule has 1 saturated carbocycles. The molecule has 2 fully saturated rings. The number of hydrogen-bond donors (Lipinski definition) is 0. The topological polar surface area (TPSA) is 51.0 Å². The highest BCUT2D eigenvalue weighted by Gasteiger charge is 2.53. The average Bonchev–Trinajstić information content (AvgIpc) is 3.23. The number of amides is 1. The fourth-order valence-corrected chi connectivity index (χ4v) is 4.57. The van der Waals surface area contributed by atoms with Crippen LogP contribution in [0.2, 0.25) is 0 Å². The van der Waals surface area contributed by atoms with Crippen molar-refractivity contribution in [1.29, 1.82) is 0 Å². The van der Waals surface area contributed by atoms with Gasteiger partial charge in [0.05, 0.1) is 5.41 Å². The van der Waals surface area contributed by atoms with Gasteiger partial charge in [0.2, 0.25) is 5.91 Å². The molecule has 5 rings (SSSR count). The summed E-state index contributed by atoms with van der Waals surface area (Å²) in [5.41, 5.74) is 2.79. The number of carbonyl (C=O) groups is 1. The second kappa shape index (κ2) is 6.19. The SMILES string of the molecule is CCn1c([C@@H]2CCN(C(=O)C3(c4ccccc4)CC3)C2)nc2cccnc21. The van der Waals surface area contributed by atoms with Crippen molar-refractivity contribution < 1.29 is 4.79 Å². The van der Waals surface area contributed by atoms with Gasteiger partial charge < -0.3 is 9.47 Å². The minimum atomic E-state index is -0.275. The molecule has 3 heterocycles. The maximum absolute atomic E-state index is 13.3. The molecule has 0 radical (unpaired) electrons. The van der Waals surface area contributed by atoms with Crippen LogP contribution in [0.1, 0.15) is 43.5 Å². The summed E-state index contributed by atoms with van der Waals surface area (Å²) in [6.45, 7) is 4.56. The molecule has 0 spiro atoms. The number of rotatable bonds is 4. The third kappa shape index (κ3) is 2.56. The third-order valence-corrected chi connectivity index (χ3v) is 6.18. The van der Waals surface area contributed by atoms with Crippen molar-refractivity contribution in [2.24, 2.45) is 0 Å². The molecule has 1 aliphatic carbocycles. The Balaban J connectivity index is 1.40. The number of benzene rings is 1. The van der Waals surface area contributed by atoms with Gasteiger partial charge in [-0.3, -0.25) is 4.79 Å². The largest absolute Gasteiger partial charge is 0.341 e. The van der Waals surface area contributed by atoms with Gasteiger partial charge in [-0.05, 0) is 43.9 Å². The van der Waals surface area contributed by atoms with Crippen LogP contribution in [0.15, 0.2) is 48.7 Å². The highest BCUT2D eigenvalue weighted by Crippen LogP contribution is 2.50.